The van der Waals surface area contributed by atoms with E-state index in [4.69, 9.17) is 16.7 Å². The van der Waals surface area contributed by atoms with Crippen LogP contribution in [0.3, 0.4) is 0 Å². The van der Waals surface area contributed by atoms with Crippen molar-refractivity contribution >= 4 is 17.6 Å². The van der Waals surface area contributed by atoms with Gasteiger partial charge in [-0.1, -0.05) is 29.8 Å². The van der Waals surface area contributed by atoms with Crippen LogP contribution in [-0.2, 0) is 11.2 Å². The third kappa shape index (κ3) is 5.96. The molecule has 106 valence electrons. The van der Waals surface area contributed by atoms with Crippen molar-refractivity contribution in [1.29, 1.82) is 0 Å². The van der Waals surface area contributed by atoms with Gasteiger partial charge in [0.05, 0.1) is 5.92 Å². The van der Waals surface area contributed by atoms with Gasteiger partial charge in [-0.05, 0) is 30.9 Å². The van der Waals surface area contributed by atoms with Gasteiger partial charge in [0.1, 0.15) is 0 Å². The first kappa shape index (κ1) is 15.8. The molecule has 0 aliphatic carbocycles. The minimum Gasteiger partial charge on any atom is -0.481 e. The molecule has 0 saturated carbocycles. The summed E-state index contributed by atoms with van der Waals surface area (Å²) in [7, 11) is 0. The average Bonchev–Trinajstić information content (AvgIpc) is 2.28. The number of halogens is 4. The number of hydrogen-bond donors (Lipinski definition) is 1. The Labute approximate surface area is 114 Å². The normalized spacial score (nSPS) is 13.3. The Hall–Kier alpha value is -1.23. The average molecular weight is 295 g/mol. The lowest BCUT2D eigenvalue weighted by atomic mass is 9.94. The standard InChI is InChI=1S/C13H14ClF3O2/c14-11-6-2-1-4-9(11)8-10(12(18)19)5-3-7-13(15,16)17/h1-2,4,6,10H,3,5,7-8H2,(H,18,19). The lowest BCUT2D eigenvalue weighted by Crippen LogP contribution is -2.18. The van der Waals surface area contributed by atoms with Crippen LogP contribution in [0.5, 0.6) is 0 Å². The van der Waals surface area contributed by atoms with Gasteiger partial charge >= 0.3 is 12.1 Å². The van der Waals surface area contributed by atoms with Gasteiger partial charge in [-0.3, -0.25) is 4.79 Å². The lowest BCUT2D eigenvalue weighted by molar-refractivity contribution is -0.145. The van der Waals surface area contributed by atoms with Gasteiger partial charge in [0.2, 0.25) is 0 Å². The summed E-state index contributed by atoms with van der Waals surface area (Å²) in [6, 6.07) is 6.74. The van der Waals surface area contributed by atoms with Gasteiger partial charge in [0.25, 0.3) is 0 Å². The number of alkyl halides is 3. The second-order valence-corrected chi connectivity index (χ2v) is 4.75. The van der Waals surface area contributed by atoms with Crippen LogP contribution in [0.25, 0.3) is 0 Å². The maximum atomic E-state index is 12.0. The number of carboxylic acids is 1. The van der Waals surface area contributed by atoms with Crippen molar-refractivity contribution in [3.8, 4) is 0 Å². The van der Waals surface area contributed by atoms with Gasteiger partial charge in [-0.2, -0.15) is 13.2 Å². The molecule has 2 nitrogen and oxygen atoms in total. The zero-order valence-electron chi connectivity index (χ0n) is 10.1. The van der Waals surface area contributed by atoms with Crippen molar-refractivity contribution < 1.29 is 23.1 Å². The van der Waals surface area contributed by atoms with E-state index in [1.807, 2.05) is 0 Å². The molecular formula is C13H14ClF3O2. The molecular weight excluding hydrogens is 281 g/mol. The summed E-state index contributed by atoms with van der Waals surface area (Å²) < 4.78 is 36.1. The number of hydrogen-bond acceptors (Lipinski definition) is 1. The van der Waals surface area contributed by atoms with E-state index in [1.54, 1.807) is 24.3 Å². The summed E-state index contributed by atoms with van der Waals surface area (Å²) in [6.45, 7) is 0. The predicted molar refractivity (Wildman–Crippen MR) is 66.2 cm³/mol. The van der Waals surface area contributed by atoms with E-state index in [9.17, 15) is 18.0 Å². The van der Waals surface area contributed by atoms with Crippen LogP contribution >= 0.6 is 11.6 Å². The number of carbonyl (C=O) groups is 1. The van der Waals surface area contributed by atoms with Gasteiger partial charge < -0.3 is 5.11 Å². The van der Waals surface area contributed by atoms with Gasteiger partial charge in [-0.25, -0.2) is 0 Å². The molecule has 0 radical (unpaired) electrons. The van der Waals surface area contributed by atoms with Crippen LogP contribution in [0.4, 0.5) is 13.2 Å². The summed E-state index contributed by atoms with van der Waals surface area (Å²) in [5, 5.41) is 9.47. The molecule has 6 heteroatoms. The quantitative estimate of drug-likeness (QED) is 0.848. The van der Waals surface area contributed by atoms with Crippen LogP contribution in [-0.4, -0.2) is 17.3 Å². The first-order chi connectivity index (χ1) is 8.79. The summed E-state index contributed by atoms with van der Waals surface area (Å²) in [6.07, 6.45) is -5.26. The Morgan fingerprint density at radius 1 is 1.32 bits per heavy atom. The fourth-order valence-electron chi connectivity index (χ4n) is 1.79. The molecule has 1 aromatic carbocycles. The van der Waals surface area contributed by atoms with Crippen molar-refractivity contribution in [1.82, 2.24) is 0 Å². The minimum atomic E-state index is -4.24. The molecule has 0 aromatic heterocycles. The second kappa shape index (κ2) is 6.80. The highest BCUT2D eigenvalue weighted by molar-refractivity contribution is 6.31. The molecule has 1 unspecified atom stereocenters. The van der Waals surface area contributed by atoms with Crippen LogP contribution in [0.15, 0.2) is 24.3 Å². The Morgan fingerprint density at radius 2 is 1.95 bits per heavy atom. The molecule has 0 spiro atoms. The van der Waals surface area contributed by atoms with Crippen molar-refractivity contribution in [2.45, 2.75) is 31.9 Å². The smallest absolute Gasteiger partial charge is 0.389 e. The molecule has 0 heterocycles. The molecule has 1 rings (SSSR count). The molecule has 0 aliphatic rings. The highest BCUT2D eigenvalue weighted by atomic mass is 35.5. The molecule has 1 aromatic rings. The summed E-state index contributed by atoms with van der Waals surface area (Å²) in [4.78, 5) is 11.0. The zero-order valence-corrected chi connectivity index (χ0v) is 10.8. The molecule has 1 atom stereocenters. The van der Waals surface area contributed by atoms with E-state index in [-0.39, 0.29) is 19.3 Å². The Morgan fingerprint density at radius 3 is 2.47 bits per heavy atom. The van der Waals surface area contributed by atoms with Crippen LogP contribution < -0.4 is 0 Å². The fraction of sp³-hybridized carbons (Fsp3) is 0.462. The summed E-state index contributed by atoms with van der Waals surface area (Å²) >= 11 is 5.91. The van der Waals surface area contributed by atoms with Crippen molar-refractivity contribution in [2.24, 2.45) is 5.92 Å². The second-order valence-electron chi connectivity index (χ2n) is 4.34. The maximum Gasteiger partial charge on any atom is 0.389 e. The Kier molecular flexibility index (Phi) is 5.66. The SMILES string of the molecule is O=C(O)C(CCCC(F)(F)F)Cc1ccccc1Cl. The van der Waals surface area contributed by atoms with Crippen molar-refractivity contribution in [2.75, 3.05) is 0 Å². The van der Waals surface area contributed by atoms with Crippen LogP contribution in [0, 0.1) is 5.92 Å². The Bertz CT molecular complexity index is 432. The Balaban J connectivity index is 2.59. The third-order valence-corrected chi connectivity index (χ3v) is 3.15. The van der Waals surface area contributed by atoms with E-state index in [0.29, 0.717) is 10.6 Å². The largest absolute Gasteiger partial charge is 0.481 e. The maximum absolute atomic E-state index is 12.0. The van der Waals surface area contributed by atoms with Gasteiger partial charge in [0, 0.05) is 11.4 Å². The molecule has 0 fully saturated rings. The van der Waals surface area contributed by atoms with Crippen LogP contribution in [0.1, 0.15) is 24.8 Å². The fourth-order valence-corrected chi connectivity index (χ4v) is 2.00. The molecule has 1 N–H and O–H groups in total. The van der Waals surface area contributed by atoms with E-state index in [2.05, 4.69) is 0 Å². The number of aliphatic carboxylic acids is 1. The summed E-state index contributed by atoms with van der Waals surface area (Å²) in [5.74, 6) is -1.94. The minimum absolute atomic E-state index is 0.0138. The highest BCUT2D eigenvalue weighted by Gasteiger charge is 2.28. The molecule has 0 bridgehead atoms. The summed E-state index contributed by atoms with van der Waals surface area (Å²) in [5.41, 5.74) is 0.642. The third-order valence-electron chi connectivity index (χ3n) is 2.79. The predicted octanol–water partition coefficient (Wildman–Crippen LogP) is 4.32. The van der Waals surface area contributed by atoms with Gasteiger partial charge in [0.15, 0.2) is 0 Å². The number of rotatable bonds is 6. The lowest BCUT2D eigenvalue weighted by Gasteiger charge is -2.14. The van der Waals surface area contributed by atoms with Crippen molar-refractivity contribution in [3.63, 3.8) is 0 Å². The van der Waals surface area contributed by atoms with E-state index < -0.39 is 24.5 Å². The van der Waals surface area contributed by atoms with E-state index >= 15 is 0 Å². The van der Waals surface area contributed by atoms with Gasteiger partial charge in [-0.15, -0.1) is 0 Å². The molecule has 0 saturated heterocycles. The van der Waals surface area contributed by atoms with Crippen LogP contribution in [0.2, 0.25) is 5.02 Å². The number of benzene rings is 1. The first-order valence-corrected chi connectivity index (χ1v) is 6.20. The molecule has 0 amide bonds. The first-order valence-electron chi connectivity index (χ1n) is 5.82. The van der Waals surface area contributed by atoms with E-state index in [0.717, 1.165) is 0 Å². The topological polar surface area (TPSA) is 37.3 Å². The zero-order chi connectivity index (χ0) is 14.5. The highest BCUT2D eigenvalue weighted by Crippen LogP contribution is 2.26. The van der Waals surface area contributed by atoms with E-state index in [1.165, 1.54) is 0 Å². The molecule has 0 aliphatic heterocycles. The number of carboxylic acid groups (broad SMARTS) is 1. The monoisotopic (exact) mass is 294 g/mol. The molecule has 19 heavy (non-hydrogen) atoms. The van der Waals surface area contributed by atoms with Crippen molar-refractivity contribution in [3.05, 3.63) is 34.9 Å².